The first-order valence-electron chi connectivity index (χ1n) is 10.1. The van der Waals surface area contributed by atoms with Crippen LogP contribution in [0.3, 0.4) is 0 Å². The number of carbonyl (C=O) groups is 2. The van der Waals surface area contributed by atoms with E-state index in [0.29, 0.717) is 31.7 Å². The number of aromatic amines is 1. The quantitative estimate of drug-likeness (QED) is 0.292. The molecule has 0 aliphatic carbocycles. The van der Waals surface area contributed by atoms with Crippen molar-refractivity contribution in [3.05, 3.63) is 85.7 Å². The Morgan fingerprint density at radius 2 is 2.00 bits per heavy atom. The molecule has 2 amide bonds. The summed E-state index contributed by atoms with van der Waals surface area (Å²) in [5, 5.41) is 22.6. The molecule has 12 heteroatoms. The van der Waals surface area contributed by atoms with Gasteiger partial charge in [0, 0.05) is 18.3 Å². The van der Waals surface area contributed by atoms with Crippen molar-refractivity contribution in [2.24, 2.45) is 0 Å². The normalized spacial score (nSPS) is 10.8. The van der Waals surface area contributed by atoms with Crippen molar-refractivity contribution in [2.75, 3.05) is 13.2 Å². The summed E-state index contributed by atoms with van der Waals surface area (Å²) in [7, 11) is 0. The van der Waals surface area contributed by atoms with Crippen LogP contribution in [0.4, 0.5) is 0 Å². The van der Waals surface area contributed by atoms with E-state index in [2.05, 4.69) is 25.9 Å². The minimum absolute atomic E-state index is 0.0653. The van der Waals surface area contributed by atoms with Crippen LogP contribution < -0.4 is 16.2 Å². The van der Waals surface area contributed by atoms with Gasteiger partial charge in [-0.15, -0.1) is 16.4 Å². The van der Waals surface area contributed by atoms with E-state index >= 15 is 0 Å². The van der Waals surface area contributed by atoms with Gasteiger partial charge in [0.25, 0.3) is 17.4 Å². The number of H-pyrrole nitrogens is 1. The van der Waals surface area contributed by atoms with Gasteiger partial charge in [0.15, 0.2) is 0 Å². The molecule has 0 aliphatic rings. The van der Waals surface area contributed by atoms with Gasteiger partial charge in [-0.3, -0.25) is 14.4 Å². The number of nitrogens with zero attached hydrogens (tertiary/aromatic N) is 3. The Balaban J connectivity index is 1.61. The summed E-state index contributed by atoms with van der Waals surface area (Å²) in [4.78, 5) is 40.3. The Kier molecular flexibility index (Phi) is 7.16. The lowest BCUT2D eigenvalue weighted by atomic mass is 10.0. The maximum Gasteiger partial charge on any atom is 0.261 e. The van der Waals surface area contributed by atoms with E-state index in [4.69, 9.17) is 16.7 Å². The van der Waals surface area contributed by atoms with Crippen LogP contribution in [-0.2, 0) is 6.54 Å². The molecule has 0 atom stereocenters. The van der Waals surface area contributed by atoms with Gasteiger partial charge in [0.05, 0.1) is 39.8 Å². The zero-order chi connectivity index (χ0) is 24.1. The molecule has 0 saturated carbocycles. The van der Waals surface area contributed by atoms with E-state index in [1.807, 2.05) is 0 Å². The Hall–Kier alpha value is -3.80. The molecule has 34 heavy (non-hydrogen) atoms. The second-order valence-corrected chi connectivity index (χ2v) is 8.78. The van der Waals surface area contributed by atoms with Gasteiger partial charge >= 0.3 is 0 Å². The number of halogens is 1. The Morgan fingerprint density at radius 1 is 1.15 bits per heavy atom. The fraction of sp³-hybridized carbons (Fsp3) is 0.136. The van der Waals surface area contributed by atoms with Gasteiger partial charge in [-0.1, -0.05) is 22.9 Å². The average Bonchev–Trinajstić information content (AvgIpc) is 3.50. The van der Waals surface area contributed by atoms with E-state index < -0.39 is 5.91 Å². The van der Waals surface area contributed by atoms with Crippen molar-refractivity contribution in [3.63, 3.8) is 0 Å². The molecule has 3 aromatic heterocycles. The maximum absolute atomic E-state index is 12.8. The van der Waals surface area contributed by atoms with Gasteiger partial charge in [-0.05, 0) is 42.0 Å². The lowest BCUT2D eigenvalue weighted by Crippen LogP contribution is -2.27. The molecule has 0 bridgehead atoms. The number of carbonyl (C=O) groups excluding carboxylic acids is 2. The summed E-state index contributed by atoms with van der Waals surface area (Å²) in [5.74, 6) is -0.730. The number of aromatic nitrogens is 4. The topological polar surface area (TPSA) is 142 Å². The predicted octanol–water partition coefficient (Wildman–Crippen LogP) is 1.99. The molecule has 4 aromatic rings. The van der Waals surface area contributed by atoms with E-state index in [1.165, 1.54) is 22.2 Å². The SMILES string of the molecule is O=C(NCc1cn(-c2ccc(-c3ccc[nH]c3=O)cc2C(=O)NCCO)nn1)c1ccc(Cl)s1. The van der Waals surface area contributed by atoms with Crippen LogP contribution in [0.5, 0.6) is 0 Å². The highest BCUT2D eigenvalue weighted by Gasteiger charge is 2.17. The molecular weight excluding hydrogens is 480 g/mol. The third-order valence-electron chi connectivity index (χ3n) is 4.78. The summed E-state index contributed by atoms with van der Waals surface area (Å²) in [6.45, 7) is -0.0323. The van der Waals surface area contributed by atoms with Crippen molar-refractivity contribution in [1.82, 2.24) is 30.6 Å². The summed E-state index contributed by atoms with van der Waals surface area (Å²) in [6.07, 6.45) is 3.12. The highest BCUT2D eigenvalue weighted by molar-refractivity contribution is 7.17. The molecule has 0 unspecified atom stereocenters. The molecule has 4 N–H and O–H groups in total. The number of hydrogen-bond donors (Lipinski definition) is 4. The molecule has 4 rings (SSSR count). The van der Waals surface area contributed by atoms with E-state index in [-0.39, 0.29) is 36.7 Å². The van der Waals surface area contributed by atoms with Crippen LogP contribution >= 0.6 is 22.9 Å². The average molecular weight is 499 g/mol. The first-order chi connectivity index (χ1) is 16.5. The molecule has 0 fully saturated rings. The van der Waals surface area contributed by atoms with Crippen molar-refractivity contribution in [1.29, 1.82) is 0 Å². The Morgan fingerprint density at radius 3 is 2.74 bits per heavy atom. The highest BCUT2D eigenvalue weighted by Crippen LogP contribution is 2.23. The second kappa shape index (κ2) is 10.4. The number of benzene rings is 1. The van der Waals surface area contributed by atoms with Crippen molar-refractivity contribution in [3.8, 4) is 16.8 Å². The molecular formula is C22H19ClN6O4S. The largest absolute Gasteiger partial charge is 0.395 e. The van der Waals surface area contributed by atoms with Crippen molar-refractivity contribution in [2.45, 2.75) is 6.54 Å². The third kappa shape index (κ3) is 5.22. The summed E-state index contributed by atoms with van der Waals surface area (Å²) in [6, 6.07) is 11.6. The van der Waals surface area contributed by atoms with Crippen LogP contribution in [-0.4, -0.2) is 50.1 Å². The Bertz CT molecular complexity index is 1400. The smallest absolute Gasteiger partial charge is 0.261 e. The number of aliphatic hydroxyl groups is 1. The lowest BCUT2D eigenvalue weighted by molar-refractivity contribution is 0.0940. The van der Waals surface area contributed by atoms with Gasteiger partial charge in [0.1, 0.15) is 5.69 Å². The molecule has 0 spiro atoms. The first kappa shape index (κ1) is 23.4. The molecule has 0 aliphatic heterocycles. The number of rotatable bonds is 8. The monoisotopic (exact) mass is 498 g/mol. The molecule has 10 nitrogen and oxygen atoms in total. The highest BCUT2D eigenvalue weighted by atomic mass is 35.5. The summed E-state index contributed by atoms with van der Waals surface area (Å²) < 4.78 is 1.93. The predicted molar refractivity (Wildman–Crippen MR) is 127 cm³/mol. The van der Waals surface area contributed by atoms with E-state index in [9.17, 15) is 14.4 Å². The minimum Gasteiger partial charge on any atom is -0.395 e. The van der Waals surface area contributed by atoms with Crippen LogP contribution in [0.2, 0.25) is 4.34 Å². The van der Waals surface area contributed by atoms with Gasteiger partial charge < -0.3 is 20.7 Å². The summed E-state index contributed by atoms with van der Waals surface area (Å²) in [5.41, 5.74) is 1.79. The van der Waals surface area contributed by atoms with Gasteiger partial charge in [-0.2, -0.15) is 0 Å². The number of aliphatic hydroxyl groups excluding tert-OH is 1. The lowest BCUT2D eigenvalue weighted by Gasteiger charge is -2.11. The Labute approximate surface area is 202 Å². The van der Waals surface area contributed by atoms with Crippen molar-refractivity contribution < 1.29 is 14.7 Å². The van der Waals surface area contributed by atoms with E-state index in [0.717, 1.165) is 0 Å². The van der Waals surface area contributed by atoms with Crippen LogP contribution in [0.25, 0.3) is 16.8 Å². The van der Waals surface area contributed by atoms with Crippen molar-refractivity contribution >= 4 is 34.8 Å². The summed E-state index contributed by atoms with van der Waals surface area (Å²) >= 11 is 7.04. The number of amides is 2. The number of pyridine rings is 1. The zero-order valence-electron chi connectivity index (χ0n) is 17.6. The molecule has 174 valence electrons. The zero-order valence-corrected chi connectivity index (χ0v) is 19.2. The fourth-order valence-electron chi connectivity index (χ4n) is 3.19. The molecule has 0 radical (unpaired) electrons. The van der Waals surface area contributed by atoms with Gasteiger partial charge in [0.2, 0.25) is 0 Å². The van der Waals surface area contributed by atoms with Crippen LogP contribution in [0.15, 0.2) is 59.7 Å². The fourth-order valence-corrected chi connectivity index (χ4v) is 4.15. The van der Waals surface area contributed by atoms with E-state index in [1.54, 1.807) is 48.7 Å². The second-order valence-electron chi connectivity index (χ2n) is 7.07. The van der Waals surface area contributed by atoms with Crippen LogP contribution in [0.1, 0.15) is 25.7 Å². The maximum atomic E-state index is 12.8. The third-order valence-corrected chi connectivity index (χ3v) is 6.01. The first-order valence-corrected chi connectivity index (χ1v) is 11.3. The molecule has 1 aromatic carbocycles. The molecule has 3 heterocycles. The van der Waals surface area contributed by atoms with Gasteiger partial charge in [-0.25, -0.2) is 4.68 Å². The standard InChI is InChI=1S/C22H19ClN6O4S/c23-19-6-5-18(34-19)22(33)26-11-14-12-29(28-27-14)17-4-3-13(15-2-1-7-24-20(15)31)10-16(17)21(32)25-8-9-30/h1-7,10,12,30H,8-9,11H2,(H,24,31)(H,25,32)(H,26,33). The number of thiophene rings is 1. The molecule has 0 saturated heterocycles. The number of nitrogens with one attached hydrogen (secondary N) is 3. The minimum atomic E-state index is -0.446. The number of hydrogen-bond acceptors (Lipinski definition) is 7. The van der Waals surface area contributed by atoms with Crippen LogP contribution in [0, 0.1) is 0 Å².